The summed E-state index contributed by atoms with van der Waals surface area (Å²) in [7, 11) is 0. The van der Waals surface area contributed by atoms with Crippen molar-refractivity contribution in [2.24, 2.45) is 0 Å². The first-order valence-corrected chi connectivity index (χ1v) is 0.333. The summed E-state index contributed by atoms with van der Waals surface area (Å²) in [6.45, 7) is 0. The molecule has 0 aliphatic rings. The van der Waals surface area contributed by atoms with Gasteiger partial charge in [-0.25, -0.2) is 0 Å². The Bertz CT molecular complexity index is 4.75. The fourth-order valence-electron chi connectivity index (χ4n) is 0. The van der Waals surface area contributed by atoms with Crippen LogP contribution in [0.4, 0.5) is 0 Å². The number of terminal acetylenes is 1. The van der Waals surface area contributed by atoms with Crippen molar-refractivity contribution in [3.63, 3.8) is 0 Å². The van der Waals surface area contributed by atoms with Crippen LogP contribution in [0.5, 0.6) is 0 Å². The molecule has 0 fully saturated rings. The summed E-state index contributed by atoms with van der Waals surface area (Å²) >= 11 is 0. The maximum Gasteiger partial charge on any atom is -0.0776 e. The molecule has 0 aromatic heterocycles. The van der Waals surface area contributed by atoms with Crippen molar-refractivity contribution in [1.29, 1.82) is 0 Å². The lowest BCUT2D eigenvalue weighted by Crippen LogP contribution is -0.576. The normalized spacial score (nSPS) is 0.182. The molecule has 0 bridgehead atoms. The lowest BCUT2D eigenvalue weighted by atomic mass is 11.4. The number of hydrogen-bond acceptors (Lipinski definition) is 0. The molecule has 0 aliphatic heterocycles. The van der Waals surface area contributed by atoms with E-state index in [4.69, 9.17) is 0 Å². The second-order valence-electron chi connectivity index (χ2n) is 0. The Labute approximate surface area is 80.4 Å². The molecule has 0 unspecified atom stereocenters. The van der Waals surface area contributed by atoms with Gasteiger partial charge in [0.2, 0.25) is 0 Å². The van der Waals surface area contributed by atoms with E-state index < -0.39 is 0 Å². The second-order valence-corrected chi connectivity index (χ2v) is 0. The molecule has 0 atom stereocenters. The van der Waals surface area contributed by atoms with Crippen LogP contribution in [0, 0.1) is 12.8 Å². The third-order valence-electron chi connectivity index (χ3n) is 0. The predicted molar refractivity (Wildman–Crippen MR) is 70.5 cm³/mol. The van der Waals surface area contributed by atoms with Crippen LogP contribution in [-0.2, 0) is 0 Å². The van der Waals surface area contributed by atoms with E-state index >= 15 is 0 Å². The topological polar surface area (TPSA) is 0 Å². The van der Waals surface area contributed by atoms with Crippen LogP contribution >= 0.6 is 0 Å². The monoisotopic (exact) mass is 170 g/mol. The maximum absolute atomic E-state index is 4.00. The fourth-order valence-corrected chi connectivity index (χ4v) is 0. The molecule has 0 saturated carbocycles. The molecule has 0 aliphatic carbocycles. The molecule has 0 nitrogen and oxygen atoms in total. The number of rotatable bonds is 0. The number of hydrogen-bond donors (Lipinski definition) is 0. The first kappa shape index (κ1) is 3080. The SMILES string of the molecule is C.C.C.C.C.C.C.C.C.C#C. The van der Waals surface area contributed by atoms with Gasteiger partial charge in [0.25, 0.3) is 0 Å². The van der Waals surface area contributed by atoms with Gasteiger partial charge in [-0.1, -0.05) is 66.8 Å². The van der Waals surface area contributed by atoms with E-state index in [1.165, 1.54) is 0 Å². The summed E-state index contributed by atoms with van der Waals surface area (Å²) in [4.78, 5) is 0. The minimum absolute atomic E-state index is 0. The zero-order valence-corrected chi connectivity index (χ0v) is 1.15. The van der Waals surface area contributed by atoms with E-state index in [9.17, 15) is 0 Å². The molecular formula is C11H38. The van der Waals surface area contributed by atoms with Crippen LogP contribution in [0.3, 0.4) is 0 Å². The Morgan fingerprint density at radius 3 is 0.273 bits per heavy atom. The Hall–Kier alpha value is -0.440. The second kappa shape index (κ2) is 3620. The van der Waals surface area contributed by atoms with Crippen LogP contribution in [0.25, 0.3) is 0 Å². The summed E-state index contributed by atoms with van der Waals surface area (Å²) in [5.74, 6) is 0. The highest BCUT2D eigenvalue weighted by Gasteiger charge is 0.454. The Morgan fingerprint density at radius 2 is 0.273 bits per heavy atom. The van der Waals surface area contributed by atoms with Crippen LogP contribution in [0.2, 0.25) is 0 Å². The smallest absolute Gasteiger partial charge is 0.0776 e. The highest BCUT2D eigenvalue weighted by atomic mass is 12.6. The van der Waals surface area contributed by atoms with E-state index in [1.54, 1.807) is 0 Å². The minimum Gasteiger partial charge on any atom is -0.124 e. The molecule has 82 valence electrons. The molecule has 0 aromatic rings. The summed E-state index contributed by atoms with van der Waals surface area (Å²) in [6.07, 6.45) is 8.00. The van der Waals surface area contributed by atoms with Gasteiger partial charge >= 0.3 is 0 Å². The van der Waals surface area contributed by atoms with Crippen LogP contribution in [0.15, 0.2) is 0 Å². The van der Waals surface area contributed by atoms with E-state index in [0.29, 0.717) is 0 Å². The lowest BCUT2D eigenvalue weighted by Gasteiger charge is -0.701. The van der Waals surface area contributed by atoms with Crippen molar-refractivity contribution in [3.05, 3.63) is 0 Å². The molecule has 0 heterocycles. The van der Waals surface area contributed by atoms with Gasteiger partial charge in [-0.05, 0) is 0 Å². The van der Waals surface area contributed by atoms with Gasteiger partial charge in [0, 0.05) is 0 Å². The highest BCUT2D eigenvalue weighted by molar-refractivity contribution is 4.47. The minimum atomic E-state index is 0. The van der Waals surface area contributed by atoms with Crippen molar-refractivity contribution in [2.75, 3.05) is 0 Å². The van der Waals surface area contributed by atoms with Crippen molar-refractivity contribution >= 4 is 0 Å². The van der Waals surface area contributed by atoms with E-state index in [0.717, 1.165) is 0 Å². The maximum atomic E-state index is 4.00. The predicted octanol–water partition coefficient (Wildman–Crippen LogP) is 5.97. The molecule has 0 aromatic carbocycles. The van der Waals surface area contributed by atoms with Crippen LogP contribution in [0.1, 0.15) is 66.8 Å². The summed E-state index contributed by atoms with van der Waals surface area (Å²) < 4.78 is 0. The largest absolute Gasteiger partial charge is 0.124 e. The third kappa shape index (κ3) is 2820. The summed E-state index contributed by atoms with van der Waals surface area (Å²) in [6, 6.07) is 0. The molecule has 0 N–H and O–H groups in total. The molecule has 0 rings (SSSR count). The van der Waals surface area contributed by atoms with Gasteiger partial charge in [-0.3, -0.25) is 0 Å². The van der Waals surface area contributed by atoms with Crippen molar-refractivity contribution in [1.82, 2.24) is 0 Å². The highest BCUT2D eigenvalue weighted by Crippen LogP contribution is 0.579. The fraction of sp³-hybridized carbons (Fsp3) is 0.818. The van der Waals surface area contributed by atoms with Crippen molar-refractivity contribution < 1.29 is 0 Å². The molecule has 0 heteroatoms. The molecular weight excluding hydrogens is 132 g/mol. The first-order chi connectivity index (χ1) is 1.00. The molecule has 0 spiro atoms. The Balaban J connectivity index is -0.000000000139. The van der Waals surface area contributed by atoms with Gasteiger partial charge < -0.3 is 0 Å². The van der Waals surface area contributed by atoms with Gasteiger partial charge in [0.05, 0.1) is 0 Å². The molecule has 11 heavy (non-hydrogen) atoms. The molecule has 0 saturated heterocycles. The Morgan fingerprint density at radius 1 is 0.273 bits per heavy atom. The quantitative estimate of drug-likeness (QED) is 0.393. The van der Waals surface area contributed by atoms with Gasteiger partial charge in [-0.15, -0.1) is 12.8 Å². The van der Waals surface area contributed by atoms with Gasteiger partial charge in [-0.2, -0.15) is 0 Å². The van der Waals surface area contributed by atoms with Crippen molar-refractivity contribution in [2.45, 2.75) is 66.8 Å². The zero-order valence-electron chi connectivity index (χ0n) is 1.15. The first-order valence-electron chi connectivity index (χ1n) is 0.333. The van der Waals surface area contributed by atoms with E-state index in [1.807, 2.05) is 0 Å². The molecule has 0 radical (unpaired) electrons. The van der Waals surface area contributed by atoms with Crippen molar-refractivity contribution in [3.8, 4) is 12.8 Å². The lowest BCUT2D eigenvalue weighted by molar-refractivity contribution is 2.50. The van der Waals surface area contributed by atoms with E-state index in [-0.39, 0.29) is 66.8 Å². The summed E-state index contributed by atoms with van der Waals surface area (Å²) in [5, 5.41) is 0. The van der Waals surface area contributed by atoms with Crippen LogP contribution in [-0.4, -0.2) is 0 Å². The van der Waals surface area contributed by atoms with Gasteiger partial charge in [0.1, 0.15) is 0 Å². The zero-order chi connectivity index (χ0) is 2.00. The standard InChI is InChI=1S/C2H2.9CH4/c1-2;;;;;;;;;/h1-2H;9*1H4. The van der Waals surface area contributed by atoms with E-state index in [2.05, 4.69) is 12.8 Å². The van der Waals surface area contributed by atoms with Crippen LogP contribution < -0.4 is 0 Å². The van der Waals surface area contributed by atoms with Gasteiger partial charge in [0.15, 0.2) is 0 Å². The Kier molecular flexibility index (Phi) is 1010000. The third-order valence-corrected chi connectivity index (χ3v) is 0. The average Bonchev–Trinajstić information content (AvgIpc) is 1.00. The molecule has 0 amide bonds. The average molecular weight is 170 g/mol. The summed E-state index contributed by atoms with van der Waals surface area (Å²) in [5.41, 5.74) is 0.